The van der Waals surface area contributed by atoms with Crippen molar-refractivity contribution in [1.82, 2.24) is 0 Å². The average molecular weight is 484 g/mol. The van der Waals surface area contributed by atoms with Crippen LogP contribution in [0, 0.1) is 34.9 Å². The van der Waals surface area contributed by atoms with Crippen LogP contribution < -0.4 is 0 Å². The van der Waals surface area contributed by atoms with E-state index in [2.05, 4.69) is 0 Å². The minimum atomic E-state index is -1.60. The number of hydrogen-bond donors (Lipinski definition) is 0. The lowest BCUT2D eigenvalue weighted by atomic mass is 9.97. The fraction of sp³-hybridized carbons (Fsp3) is 0.172. The van der Waals surface area contributed by atoms with Gasteiger partial charge in [0.25, 0.3) is 0 Å². The molecule has 0 spiro atoms. The second kappa shape index (κ2) is 10.4. The van der Waals surface area contributed by atoms with Gasteiger partial charge in [-0.05, 0) is 65.3 Å². The molecular formula is C29H22F6. The molecule has 6 heteroatoms. The summed E-state index contributed by atoms with van der Waals surface area (Å²) in [7, 11) is 0. The van der Waals surface area contributed by atoms with E-state index in [1.807, 2.05) is 6.92 Å². The molecule has 0 aliphatic rings. The van der Waals surface area contributed by atoms with Crippen molar-refractivity contribution in [3.05, 3.63) is 118 Å². The number of halogens is 6. The minimum Gasteiger partial charge on any atom is -0.206 e. The molecule has 35 heavy (non-hydrogen) atoms. The second-order valence-electron chi connectivity index (χ2n) is 8.42. The van der Waals surface area contributed by atoms with E-state index in [0.717, 1.165) is 24.1 Å². The first-order valence-electron chi connectivity index (χ1n) is 11.3. The summed E-state index contributed by atoms with van der Waals surface area (Å²) in [5, 5.41) is 0. The van der Waals surface area contributed by atoms with E-state index in [1.54, 1.807) is 42.5 Å². The third-order valence-electron chi connectivity index (χ3n) is 5.98. The van der Waals surface area contributed by atoms with Crippen molar-refractivity contribution in [2.45, 2.75) is 32.6 Å². The molecule has 180 valence electrons. The van der Waals surface area contributed by atoms with Crippen LogP contribution in [0.2, 0.25) is 0 Å². The van der Waals surface area contributed by atoms with Crippen molar-refractivity contribution in [2.75, 3.05) is 0 Å². The van der Waals surface area contributed by atoms with Gasteiger partial charge in [-0.3, -0.25) is 0 Å². The quantitative estimate of drug-likeness (QED) is 0.182. The number of hydrogen-bond acceptors (Lipinski definition) is 0. The molecule has 0 atom stereocenters. The normalized spacial score (nSPS) is 11.2. The van der Waals surface area contributed by atoms with E-state index >= 15 is 0 Å². The van der Waals surface area contributed by atoms with E-state index < -0.39 is 34.9 Å². The summed E-state index contributed by atoms with van der Waals surface area (Å²) in [6.45, 7) is 1.90. The molecule has 0 unspecified atom stereocenters. The molecule has 0 aromatic heterocycles. The van der Waals surface area contributed by atoms with Crippen LogP contribution in [0.1, 0.15) is 30.0 Å². The highest BCUT2D eigenvalue weighted by Gasteiger charge is 2.16. The van der Waals surface area contributed by atoms with Crippen LogP contribution in [0.4, 0.5) is 26.3 Å². The maximum Gasteiger partial charge on any atom is 0.194 e. The van der Waals surface area contributed by atoms with Crippen LogP contribution in [-0.4, -0.2) is 0 Å². The van der Waals surface area contributed by atoms with Crippen LogP contribution >= 0.6 is 0 Å². The van der Waals surface area contributed by atoms with Gasteiger partial charge in [0.15, 0.2) is 29.1 Å². The minimum absolute atomic E-state index is 0.0323. The summed E-state index contributed by atoms with van der Waals surface area (Å²) in [6, 6.07) is 16.1. The van der Waals surface area contributed by atoms with Gasteiger partial charge in [0.2, 0.25) is 0 Å². The molecule has 0 radical (unpaired) electrons. The van der Waals surface area contributed by atoms with Gasteiger partial charge in [0.05, 0.1) is 0 Å². The molecule has 4 aromatic rings. The third kappa shape index (κ3) is 5.26. The Kier molecular flexibility index (Phi) is 7.29. The Morgan fingerprint density at radius 3 is 1.71 bits per heavy atom. The summed E-state index contributed by atoms with van der Waals surface area (Å²) in [6.07, 6.45) is 2.24. The summed E-state index contributed by atoms with van der Waals surface area (Å²) in [5.74, 6) is -6.71. The van der Waals surface area contributed by atoms with Crippen molar-refractivity contribution in [3.8, 4) is 22.3 Å². The molecule has 0 N–H and O–H groups in total. The zero-order valence-corrected chi connectivity index (χ0v) is 18.9. The van der Waals surface area contributed by atoms with E-state index in [-0.39, 0.29) is 16.7 Å². The van der Waals surface area contributed by atoms with Gasteiger partial charge < -0.3 is 0 Å². The standard InChI is InChI=1S/C29H22F6/c1-2-3-20-11-13-23(28(34)27(20)33)19-9-6-17(7-10-19)4-5-18-8-12-22(24(30)14-18)21-15-25(31)29(35)26(32)16-21/h6-16H,2-5H2,1H3. The molecule has 0 bridgehead atoms. The summed E-state index contributed by atoms with van der Waals surface area (Å²) >= 11 is 0. The summed E-state index contributed by atoms with van der Waals surface area (Å²) in [5.41, 5.74) is 2.57. The highest BCUT2D eigenvalue weighted by Crippen LogP contribution is 2.29. The Morgan fingerprint density at radius 1 is 0.486 bits per heavy atom. The predicted molar refractivity (Wildman–Crippen MR) is 125 cm³/mol. The molecule has 0 aliphatic heterocycles. The topological polar surface area (TPSA) is 0 Å². The molecule has 4 aromatic carbocycles. The Morgan fingerprint density at radius 2 is 1.09 bits per heavy atom. The van der Waals surface area contributed by atoms with Gasteiger partial charge >= 0.3 is 0 Å². The number of aryl methyl sites for hydroxylation is 3. The number of rotatable bonds is 7. The first-order valence-corrected chi connectivity index (χ1v) is 11.3. The first-order chi connectivity index (χ1) is 16.8. The van der Waals surface area contributed by atoms with Crippen LogP contribution in [0.5, 0.6) is 0 Å². The van der Waals surface area contributed by atoms with Crippen LogP contribution in [-0.2, 0) is 19.3 Å². The Hall–Kier alpha value is -3.54. The molecule has 0 saturated heterocycles. The Balaban J connectivity index is 1.46. The van der Waals surface area contributed by atoms with Crippen molar-refractivity contribution in [2.24, 2.45) is 0 Å². The zero-order valence-electron chi connectivity index (χ0n) is 18.9. The van der Waals surface area contributed by atoms with Crippen molar-refractivity contribution >= 4 is 0 Å². The summed E-state index contributed by atoms with van der Waals surface area (Å²) in [4.78, 5) is 0. The molecule has 0 nitrogen and oxygen atoms in total. The number of benzene rings is 4. The molecule has 0 aliphatic carbocycles. The monoisotopic (exact) mass is 484 g/mol. The van der Waals surface area contributed by atoms with Crippen molar-refractivity contribution in [3.63, 3.8) is 0 Å². The van der Waals surface area contributed by atoms with Gasteiger partial charge in [-0.1, -0.05) is 61.9 Å². The zero-order chi connectivity index (χ0) is 25.1. The average Bonchev–Trinajstić information content (AvgIpc) is 2.84. The predicted octanol–water partition coefficient (Wildman–Crippen LogP) is 8.59. The van der Waals surface area contributed by atoms with E-state index in [1.165, 1.54) is 12.1 Å². The third-order valence-corrected chi connectivity index (χ3v) is 5.98. The van der Waals surface area contributed by atoms with Gasteiger partial charge in [-0.2, -0.15) is 0 Å². The summed E-state index contributed by atoms with van der Waals surface area (Å²) < 4.78 is 83.6. The molecule has 4 rings (SSSR count). The van der Waals surface area contributed by atoms with Crippen LogP contribution in [0.3, 0.4) is 0 Å². The van der Waals surface area contributed by atoms with E-state index in [4.69, 9.17) is 0 Å². The molecular weight excluding hydrogens is 462 g/mol. The van der Waals surface area contributed by atoms with Gasteiger partial charge in [-0.25, -0.2) is 26.3 Å². The Bertz CT molecular complexity index is 1340. The first kappa shape index (κ1) is 24.6. The van der Waals surface area contributed by atoms with Gasteiger partial charge in [0.1, 0.15) is 5.82 Å². The lowest BCUT2D eigenvalue weighted by Crippen LogP contribution is -1.98. The lowest BCUT2D eigenvalue weighted by molar-refractivity contribution is 0.447. The van der Waals surface area contributed by atoms with Crippen LogP contribution in [0.25, 0.3) is 22.3 Å². The highest BCUT2D eigenvalue weighted by atomic mass is 19.2. The van der Waals surface area contributed by atoms with Gasteiger partial charge in [0, 0.05) is 11.1 Å². The van der Waals surface area contributed by atoms with E-state index in [0.29, 0.717) is 36.0 Å². The molecule has 0 amide bonds. The maximum absolute atomic E-state index is 14.6. The largest absolute Gasteiger partial charge is 0.206 e. The maximum atomic E-state index is 14.6. The molecule has 0 saturated carbocycles. The smallest absolute Gasteiger partial charge is 0.194 e. The second-order valence-corrected chi connectivity index (χ2v) is 8.42. The highest BCUT2D eigenvalue weighted by molar-refractivity contribution is 5.66. The SMILES string of the molecule is CCCc1ccc(-c2ccc(CCc3ccc(-c4cc(F)c(F)c(F)c4)c(F)c3)cc2)c(F)c1F. The van der Waals surface area contributed by atoms with E-state index in [9.17, 15) is 26.3 Å². The Labute approximate surface area is 199 Å². The van der Waals surface area contributed by atoms with Crippen LogP contribution in [0.15, 0.2) is 66.7 Å². The lowest BCUT2D eigenvalue weighted by Gasteiger charge is -2.10. The molecule has 0 fully saturated rings. The fourth-order valence-corrected chi connectivity index (χ4v) is 4.07. The fourth-order valence-electron chi connectivity index (χ4n) is 4.07. The van der Waals surface area contributed by atoms with Crippen molar-refractivity contribution in [1.29, 1.82) is 0 Å². The molecule has 0 heterocycles. The van der Waals surface area contributed by atoms with Crippen molar-refractivity contribution < 1.29 is 26.3 Å². The van der Waals surface area contributed by atoms with Gasteiger partial charge in [-0.15, -0.1) is 0 Å².